The van der Waals surface area contributed by atoms with Crippen LogP contribution in [0.2, 0.25) is 0 Å². The van der Waals surface area contributed by atoms with E-state index in [2.05, 4.69) is 56.5 Å². The summed E-state index contributed by atoms with van der Waals surface area (Å²) in [6, 6.07) is -1.01. The van der Waals surface area contributed by atoms with Crippen LogP contribution in [0, 0.1) is 0 Å². The number of ether oxygens (including phenoxy) is 2. The van der Waals surface area contributed by atoms with Crippen LogP contribution in [0.25, 0.3) is 0 Å². The van der Waals surface area contributed by atoms with Crippen LogP contribution in [0.3, 0.4) is 0 Å². The fourth-order valence-corrected chi connectivity index (χ4v) is 7.84. The van der Waals surface area contributed by atoms with Gasteiger partial charge in [0.2, 0.25) is 5.91 Å². The van der Waals surface area contributed by atoms with E-state index in [4.69, 9.17) is 9.47 Å². The summed E-state index contributed by atoms with van der Waals surface area (Å²) in [6.45, 7) is 5.62. The molecule has 10 nitrogen and oxygen atoms in total. The van der Waals surface area contributed by atoms with Crippen molar-refractivity contribution in [1.82, 2.24) is 5.32 Å². The number of allylic oxidation sites excluding steroid dienone is 7. The second-order valence-corrected chi connectivity index (χ2v) is 17.9. The van der Waals surface area contributed by atoms with Gasteiger partial charge in [0, 0.05) is 0 Å². The summed E-state index contributed by atoms with van der Waals surface area (Å²) in [5.74, 6) is -0.633. The molecule has 1 saturated heterocycles. The molecule has 1 heterocycles. The van der Waals surface area contributed by atoms with Crippen LogP contribution >= 0.6 is 0 Å². The Labute approximate surface area is 378 Å². The summed E-state index contributed by atoms with van der Waals surface area (Å²) in [7, 11) is 0. The van der Waals surface area contributed by atoms with E-state index in [0.29, 0.717) is 19.3 Å². The number of carbonyl (C=O) groups is 1. The van der Waals surface area contributed by atoms with Crippen molar-refractivity contribution >= 4 is 5.91 Å². The van der Waals surface area contributed by atoms with E-state index < -0.39 is 61.5 Å². The van der Waals surface area contributed by atoms with Crippen molar-refractivity contribution in [3.63, 3.8) is 0 Å². The van der Waals surface area contributed by atoms with Gasteiger partial charge in [-0.25, -0.2) is 0 Å². The maximum atomic E-state index is 13.1. The third-order valence-corrected chi connectivity index (χ3v) is 12.1. The first kappa shape index (κ1) is 58.1. The minimum atomic E-state index is -1.62. The Morgan fingerprint density at radius 2 is 1.10 bits per heavy atom. The molecule has 1 fully saturated rings. The van der Waals surface area contributed by atoms with Crippen LogP contribution in [0.4, 0.5) is 0 Å². The van der Waals surface area contributed by atoms with Gasteiger partial charge in [-0.2, -0.15) is 0 Å². The maximum Gasteiger partial charge on any atom is 0.249 e. The number of rotatable bonds is 41. The van der Waals surface area contributed by atoms with Gasteiger partial charge in [0.15, 0.2) is 6.29 Å². The van der Waals surface area contributed by atoms with Gasteiger partial charge in [-0.3, -0.25) is 4.79 Å². The number of hydrogen-bond acceptors (Lipinski definition) is 9. The lowest BCUT2D eigenvalue weighted by molar-refractivity contribution is -0.302. The monoisotopic (exact) mass is 878 g/mol. The summed E-state index contributed by atoms with van der Waals surface area (Å²) in [5, 5.41) is 64.8. The number of amides is 1. The first-order chi connectivity index (χ1) is 30.2. The molecule has 62 heavy (non-hydrogen) atoms. The second kappa shape index (κ2) is 40.6. The molecule has 10 heteroatoms. The predicted octanol–water partition coefficient (Wildman–Crippen LogP) is 10.4. The zero-order chi connectivity index (χ0) is 45.5. The van der Waals surface area contributed by atoms with Crippen molar-refractivity contribution in [2.75, 3.05) is 13.2 Å². The van der Waals surface area contributed by atoms with Crippen molar-refractivity contribution in [1.29, 1.82) is 0 Å². The Bertz CT molecular complexity index is 1160. The zero-order valence-corrected chi connectivity index (χ0v) is 39.7. The summed E-state index contributed by atoms with van der Waals surface area (Å²) in [4.78, 5) is 13.1. The highest BCUT2D eigenvalue weighted by Crippen LogP contribution is 2.23. The molecule has 0 aromatic carbocycles. The molecule has 0 aliphatic carbocycles. The van der Waals surface area contributed by atoms with Gasteiger partial charge in [-0.15, -0.1) is 0 Å². The van der Waals surface area contributed by atoms with Crippen LogP contribution in [0.5, 0.6) is 0 Å². The molecular formula is C52H95NO9. The highest BCUT2D eigenvalue weighted by Gasteiger charge is 2.44. The van der Waals surface area contributed by atoms with Crippen LogP contribution in [-0.2, 0) is 14.3 Å². The molecule has 0 aromatic heterocycles. The summed E-state index contributed by atoms with van der Waals surface area (Å²) < 4.78 is 11.1. The van der Waals surface area contributed by atoms with E-state index in [0.717, 1.165) is 32.1 Å². The van der Waals surface area contributed by atoms with Gasteiger partial charge in [0.1, 0.15) is 30.5 Å². The second-order valence-electron chi connectivity index (χ2n) is 17.9. The number of carbonyl (C=O) groups excluding carboxylic acids is 1. The number of unbranched alkanes of at least 4 members (excludes halogenated alkanes) is 25. The summed E-state index contributed by atoms with van der Waals surface area (Å²) >= 11 is 0. The van der Waals surface area contributed by atoms with Crippen molar-refractivity contribution in [2.45, 2.75) is 262 Å². The molecule has 362 valence electrons. The fourth-order valence-electron chi connectivity index (χ4n) is 7.84. The average Bonchev–Trinajstić information content (AvgIpc) is 3.27. The quantitative estimate of drug-likeness (QED) is 0.0180. The van der Waals surface area contributed by atoms with Crippen LogP contribution in [0.15, 0.2) is 48.1 Å². The number of aliphatic hydroxyl groups is 6. The lowest BCUT2D eigenvalue weighted by Crippen LogP contribution is -2.60. The van der Waals surface area contributed by atoms with Gasteiger partial charge >= 0.3 is 0 Å². The minimum Gasteiger partial charge on any atom is -0.394 e. The zero-order valence-electron chi connectivity index (χ0n) is 39.7. The molecule has 1 aliphatic heterocycles. The number of nitrogens with one attached hydrogen (secondary N) is 1. The molecule has 0 saturated carbocycles. The molecule has 0 unspecified atom stereocenters. The highest BCUT2D eigenvalue weighted by atomic mass is 16.7. The minimum absolute atomic E-state index is 0.299. The Kier molecular flexibility index (Phi) is 38.1. The van der Waals surface area contributed by atoms with Gasteiger partial charge in [-0.1, -0.05) is 197 Å². The molecule has 8 atom stereocenters. The standard InChI is InChI=1S/C52H95NO9/c1-4-6-8-10-12-13-14-15-16-17-18-19-20-21-22-23-24-25-26-27-29-31-35-40-46(56)51(60)53-44(42-61-52-50(59)49(58)48(57)47(41-54)62-52)45(55)39-36-32-34-38-43(3)37-33-30-28-11-9-7-5-2/h13-14,33,36-39,44-50,52,54-59H,4-12,15-32,34-35,40-42H2,1-3H3,(H,53,60)/b14-13?,37-33+,39-36+,43-38+/t44-,45+,46+,47+,48+,49-,50+,52+/m0/s1. The van der Waals surface area contributed by atoms with E-state index in [1.807, 2.05) is 6.08 Å². The summed E-state index contributed by atoms with van der Waals surface area (Å²) in [6.07, 6.45) is 40.3. The topological polar surface area (TPSA) is 169 Å². The Morgan fingerprint density at radius 1 is 0.613 bits per heavy atom. The molecule has 1 aliphatic rings. The molecule has 7 N–H and O–H groups in total. The van der Waals surface area contributed by atoms with E-state index in [-0.39, 0.29) is 6.61 Å². The van der Waals surface area contributed by atoms with Gasteiger partial charge in [0.25, 0.3) is 0 Å². The molecule has 0 bridgehead atoms. The first-order valence-electron chi connectivity index (χ1n) is 25.4. The van der Waals surface area contributed by atoms with Gasteiger partial charge in [-0.05, 0) is 64.7 Å². The lowest BCUT2D eigenvalue weighted by Gasteiger charge is -2.40. The van der Waals surface area contributed by atoms with Crippen molar-refractivity contribution in [3.8, 4) is 0 Å². The fraction of sp³-hybridized carbons (Fsp3) is 0.827. The molecule has 1 amide bonds. The van der Waals surface area contributed by atoms with Crippen molar-refractivity contribution in [2.24, 2.45) is 0 Å². The Balaban J connectivity index is 2.37. The predicted molar refractivity (Wildman–Crippen MR) is 255 cm³/mol. The van der Waals surface area contributed by atoms with Crippen molar-refractivity contribution in [3.05, 3.63) is 48.1 Å². The molecular weight excluding hydrogens is 783 g/mol. The van der Waals surface area contributed by atoms with E-state index in [1.54, 1.807) is 6.08 Å². The SMILES string of the molecule is CCCCCCC=CCCCCCCCCCCCCCCCCC[C@@H](O)C(=O)N[C@@H](CO[C@@H]1O[C@H](CO)[C@@H](O)[C@H](O)[C@H]1O)[C@H](O)/C=C/CC/C=C(C)/C=C/CCCCCCC. The van der Waals surface area contributed by atoms with E-state index in [1.165, 1.54) is 147 Å². The van der Waals surface area contributed by atoms with E-state index in [9.17, 15) is 35.4 Å². The van der Waals surface area contributed by atoms with Crippen LogP contribution in [-0.4, -0.2) is 98.7 Å². The Morgan fingerprint density at radius 3 is 1.63 bits per heavy atom. The normalized spacial score (nSPS) is 21.4. The number of aliphatic hydroxyl groups excluding tert-OH is 6. The third kappa shape index (κ3) is 30.3. The van der Waals surface area contributed by atoms with Crippen molar-refractivity contribution < 1.29 is 44.9 Å². The van der Waals surface area contributed by atoms with Gasteiger partial charge in [0.05, 0.1) is 25.4 Å². The van der Waals surface area contributed by atoms with Crippen LogP contribution in [0.1, 0.15) is 213 Å². The smallest absolute Gasteiger partial charge is 0.249 e. The average molecular weight is 878 g/mol. The first-order valence-corrected chi connectivity index (χ1v) is 25.4. The third-order valence-electron chi connectivity index (χ3n) is 12.1. The van der Waals surface area contributed by atoms with Crippen LogP contribution < -0.4 is 5.32 Å². The largest absolute Gasteiger partial charge is 0.394 e. The Hall–Kier alpha value is -1.89. The molecule has 1 rings (SSSR count). The molecule has 0 aromatic rings. The summed E-state index contributed by atoms with van der Waals surface area (Å²) in [5.41, 5.74) is 1.18. The van der Waals surface area contributed by atoms with Gasteiger partial charge < -0.3 is 45.4 Å². The lowest BCUT2D eigenvalue weighted by atomic mass is 9.99. The maximum absolute atomic E-state index is 13.1. The molecule has 0 radical (unpaired) electrons. The van der Waals surface area contributed by atoms with E-state index >= 15 is 0 Å². The number of hydrogen-bond donors (Lipinski definition) is 7. The highest BCUT2D eigenvalue weighted by molar-refractivity contribution is 5.80. The molecule has 0 spiro atoms.